The molecule has 0 saturated carbocycles. The summed E-state index contributed by atoms with van der Waals surface area (Å²) in [5, 5.41) is 8.39. The van der Waals surface area contributed by atoms with Crippen LogP contribution in [-0.2, 0) is 4.79 Å². The Balaban J connectivity index is 3.76. The Bertz CT molecular complexity index is 151. The van der Waals surface area contributed by atoms with E-state index in [2.05, 4.69) is 12.2 Å². The van der Waals surface area contributed by atoms with Crippen molar-refractivity contribution in [2.75, 3.05) is 20.6 Å². The number of rotatable bonds is 5. The molecule has 0 unspecified atom stereocenters. The molecule has 0 aliphatic rings. The van der Waals surface area contributed by atoms with Crippen molar-refractivity contribution in [2.45, 2.75) is 0 Å². The highest BCUT2D eigenvalue weighted by molar-refractivity contribution is 7.96. The Morgan fingerprint density at radius 2 is 2.27 bits per heavy atom. The van der Waals surface area contributed by atoms with Gasteiger partial charge in [0.05, 0.1) is 5.49 Å². The number of hydrogen-bond acceptors (Lipinski definition) is 4. The molecule has 6 heteroatoms. The van der Waals surface area contributed by atoms with Gasteiger partial charge in [0, 0.05) is 12.1 Å². The van der Waals surface area contributed by atoms with E-state index in [1.165, 1.54) is 21.9 Å². The van der Waals surface area contributed by atoms with Gasteiger partial charge in [-0.15, -0.1) is 0 Å². The fourth-order valence-electron chi connectivity index (χ4n) is 0.428. The standard InChI is InChI=1S/C5H10N2O2S2/c1-6(2)11-7(4-10)3-5(8)9/h4H,3H2,1-2H3,(H,8,9). The second-order valence-electron chi connectivity index (χ2n) is 1.97. The highest BCUT2D eigenvalue weighted by Crippen LogP contribution is 2.08. The number of hydrogen-bond donors (Lipinski definition) is 1. The smallest absolute Gasteiger partial charge is 0.324 e. The lowest BCUT2D eigenvalue weighted by Gasteiger charge is -2.18. The lowest BCUT2D eigenvalue weighted by atomic mass is 10.7. The van der Waals surface area contributed by atoms with Crippen LogP contribution in [0, 0.1) is 0 Å². The monoisotopic (exact) mass is 194 g/mol. The van der Waals surface area contributed by atoms with Gasteiger partial charge < -0.3 is 5.11 Å². The summed E-state index contributed by atoms with van der Waals surface area (Å²) in [6.07, 6.45) is 0. The summed E-state index contributed by atoms with van der Waals surface area (Å²) in [7, 11) is 3.64. The number of nitrogens with zero attached hydrogens (tertiary/aromatic N) is 2. The highest BCUT2D eigenvalue weighted by atomic mass is 32.2. The number of carboxylic acid groups (broad SMARTS) is 1. The van der Waals surface area contributed by atoms with Gasteiger partial charge in [0.25, 0.3) is 0 Å². The van der Waals surface area contributed by atoms with Crippen molar-refractivity contribution in [1.82, 2.24) is 8.61 Å². The van der Waals surface area contributed by atoms with Crippen LogP contribution in [0.2, 0.25) is 0 Å². The molecule has 0 aliphatic heterocycles. The lowest BCUT2D eigenvalue weighted by molar-refractivity contribution is -0.136. The van der Waals surface area contributed by atoms with E-state index in [-0.39, 0.29) is 6.54 Å². The summed E-state index contributed by atoms with van der Waals surface area (Å²) >= 11 is 5.85. The molecule has 64 valence electrons. The van der Waals surface area contributed by atoms with Gasteiger partial charge in [-0.05, 0) is 14.1 Å². The summed E-state index contributed by atoms with van der Waals surface area (Å²) in [4.78, 5) is 10.2. The maximum Gasteiger partial charge on any atom is 0.324 e. The molecule has 0 bridgehead atoms. The van der Waals surface area contributed by atoms with Crippen molar-refractivity contribution < 1.29 is 9.90 Å². The number of carbonyl (C=O) groups is 1. The predicted molar refractivity (Wildman–Crippen MR) is 49.3 cm³/mol. The van der Waals surface area contributed by atoms with Gasteiger partial charge in [0.15, 0.2) is 0 Å². The Kier molecular flexibility index (Phi) is 5.18. The van der Waals surface area contributed by atoms with Crippen molar-refractivity contribution in [3.8, 4) is 0 Å². The fraction of sp³-hybridized carbons (Fsp3) is 0.600. The maximum atomic E-state index is 10.2. The molecule has 0 aromatic heterocycles. The van der Waals surface area contributed by atoms with Crippen LogP contribution in [0.25, 0.3) is 0 Å². The van der Waals surface area contributed by atoms with Crippen LogP contribution >= 0.6 is 24.4 Å². The summed E-state index contributed by atoms with van der Waals surface area (Å²) in [5.74, 6) is -0.888. The lowest BCUT2D eigenvalue weighted by Crippen LogP contribution is -2.24. The van der Waals surface area contributed by atoms with Crippen molar-refractivity contribution in [2.24, 2.45) is 0 Å². The third kappa shape index (κ3) is 6.08. The molecule has 0 aromatic rings. The largest absolute Gasteiger partial charge is 0.480 e. The molecule has 0 atom stereocenters. The molecule has 0 radical (unpaired) electrons. The Hall–Kier alpha value is -0.330. The SMILES string of the molecule is CN(C)SN(C=S)CC(=O)O. The zero-order valence-corrected chi connectivity index (χ0v) is 7.98. The van der Waals surface area contributed by atoms with Gasteiger partial charge in [-0.25, -0.2) is 4.31 Å². The molecule has 1 N–H and O–H groups in total. The summed E-state index contributed by atoms with van der Waals surface area (Å²) in [6, 6.07) is 0. The predicted octanol–water partition coefficient (Wildman–Crippen LogP) is 0.455. The van der Waals surface area contributed by atoms with E-state index in [9.17, 15) is 4.79 Å². The molecule has 11 heavy (non-hydrogen) atoms. The van der Waals surface area contributed by atoms with Crippen molar-refractivity contribution >= 4 is 35.8 Å². The molecule has 4 nitrogen and oxygen atoms in total. The van der Waals surface area contributed by atoms with Crippen LogP contribution in [0.4, 0.5) is 0 Å². The molecule has 0 aliphatic carbocycles. The average Bonchev–Trinajstić information content (AvgIpc) is 1.84. The van der Waals surface area contributed by atoms with Gasteiger partial charge >= 0.3 is 5.97 Å². The second-order valence-corrected chi connectivity index (χ2v) is 3.54. The number of carboxylic acids is 1. The van der Waals surface area contributed by atoms with Gasteiger partial charge in [-0.3, -0.25) is 9.10 Å². The first kappa shape index (κ1) is 10.7. The third-order valence-corrected chi connectivity index (χ3v) is 1.84. The van der Waals surface area contributed by atoms with E-state index >= 15 is 0 Å². The molecule has 0 spiro atoms. The second kappa shape index (κ2) is 5.34. The zero-order chi connectivity index (χ0) is 8.85. The van der Waals surface area contributed by atoms with E-state index in [4.69, 9.17) is 5.11 Å². The Morgan fingerprint density at radius 3 is 2.55 bits per heavy atom. The molecule has 0 fully saturated rings. The maximum absolute atomic E-state index is 10.2. The van der Waals surface area contributed by atoms with E-state index in [0.29, 0.717) is 0 Å². The first-order valence-corrected chi connectivity index (χ1v) is 4.05. The topological polar surface area (TPSA) is 43.8 Å². The van der Waals surface area contributed by atoms with Crippen LogP contribution in [0.3, 0.4) is 0 Å². The van der Waals surface area contributed by atoms with Crippen molar-refractivity contribution in [3.63, 3.8) is 0 Å². The quantitative estimate of drug-likeness (QED) is 0.506. The molecule has 0 rings (SSSR count). The van der Waals surface area contributed by atoms with Gasteiger partial charge in [-0.2, -0.15) is 0 Å². The first-order valence-electron chi connectivity index (χ1n) is 2.85. The van der Waals surface area contributed by atoms with Crippen LogP contribution in [0.1, 0.15) is 0 Å². The molecular formula is C5H10N2O2S2. The van der Waals surface area contributed by atoms with E-state index < -0.39 is 5.97 Å². The third-order valence-electron chi connectivity index (χ3n) is 0.677. The minimum absolute atomic E-state index is 0.0770. The van der Waals surface area contributed by atoms with Gasteiger partial charge in [0.2, 0.25) is 0 Å². The number of aliphatic carboxylic acids is 1. The molecule has 0 aromatic carbocycles. The Morgan fingerprint density at radius 1 is 1.73 bits per heavy atom. The highest BCUT2D eigenvalue weighted by Gasteiger charge is 2.06. The average molecular weight is 194 g/mol. The minimum atomic E-state index is -0.888. The van der Waals surface area contributed by atoms with Gasteiger partial charge in [0.1, 0.15) is 6.54 Å². The minimum Gasteiger partial charge on any atom is -0.480 e. The summed E-state index contributed by atoms with van der Waals surface area (Å²) < 4.78 is 3.23. The normalized spacial score (nSPS) is 9.73. The van der Waals surface area contributed by atoms with Crippen LogP contribution in [0.15, 0.2) is 0 Å². The van der Waals surface area contributed by atoms with Crippen LogP contribution < -0.4 is 0 Å². The van der Waals surface area contributed by atoms with Crippen LogP contribution in [-0.4, -0.2) is 45.8 Å². The van der Waals surface area contributed by atoms with E-state index in [0.717, 1.165) is 0 Å². The van der Waals surface area contributed by atoms with E-state index in [1.807, 2.05) is 14.1 Å². The van der Waals surface area contributed by atoms with Gasteiger partial charge in [-0.1, -0.05) is 12.2 Å². The van der Waals surface area contributed by atoms with Crippen molar-refractivity contribution in [3.05, 3.63) is 0 Å². The number of thiocarbonyl (C=S) groups is 1. The summed E-state index contributed by atoms with van der Waals surface area (Å²) in [6.45, 7) is -0.0770. The van der Waals surface area contributed by atoms with Crippen molar-refractivity contribution in [1.29, 1.82) is 0 Å². The van der Waals surface area contributed by atoms with E-state index in [1.54, 1.807) is 4.31 Å². The fourth-order valence-corrected chi connectivity index (χ4v) is 1.24. The molecule has 0 saturated heterocycles. The molecule has 0 amide bonds. The Labute approximate surface area is 75.4 Å². The summed E-state index contributed by atoms with van der Waals surface area (Å²) in [5.41, 5.74) is 1.32. The first-order chi connectivity index (χ1) is 5.06. The molecule has 0 heterocycles. The molecular weight excluding hydrogens is 184 g/mol. The van der Waals surface area contributed by atoms with Crippen LogP contribution in [0.5, 0.6) is 0 Å². The zero-order valence-electron chi connectivity index (χ0n) is 6.35.